The molecule has 0 unspecified atom stereocenters. The molecule has 8 heteroatoms. The molecule has 0 atom stereocenters. The molecule has 0 radical (unpaired) electrons. The minimum atomic E-state index is -0.166. The summed E-state index contributed by atoms with van der Waals surface area (Å²) in [5.74, 6) is 1.89. The van der Waals surface area contributed by atoms with Gasteiger partial charge in [-0.2, -0.15) is 0 Å². The maximum absolute atomic E-state index is 13.7. The maximum Gasteiger partial charge on any atom is 0.260 e. The van der Waals surface area contributed by atoms with E-state index in [1.54, 1.807) is 43.6 Å². The van der Waals surface area contributed by atoms with Crippen LogP contribution < -0.4 is 19.1 Å². The van der Waals surface area contributed by atoms with Crippen LogP contribution in [0.25, 0.3) is 10.2 Å². The summed E-state index contributed by atoms with van der Waals surface area (Å²) in [7, 11) is 3.21. The third-order valence-electron chi connectivity index (χ3n) is 5.31. The van der Waals surface area contributed by atoms with Gasteiger partial charge in [0.2, 0.25) is 0 Å². The summed E-state index contributed by atoms with van der Waals surface area (Å²) in [6.45, 7) is 3.10. The van der Waals surface area contributed by atoms with Crippen molar-refractivity contribution in [2.45, 2.75) is 26.3 Å². The van der Waals surface area contributed by atoms with Gasteiger partial charge >= 0.3 is 0 Å². The number of carbonyl (C=O) groups excluding carboxylic acids is 1. The summed E-state index contributed by atoms with van der Waals surface area (Å²) < 4.78 is 17.6. The van der Waals surface area contributed by atoms with Gasteiger partial charge < -0.3 is 14.2 Å². The zero-order chi connectivity index (χ0) is 23.9. The quantitative estimate of drug-likeness (QED) is 0.271. The first-order chi connectivity index (χ1) is 16.6. The smallest absolute Gasteiger partial charge is 0.260 e. The number of hydrogen-bond acceptors (Lipinski definition) is 7. The molecule has 4 rings (SSSR count). The Morgan fingerprint density at radius 2 is 1.79 bits per heavy atom. The van der Waals surface area contributed by atoms with Crippen molar-refractivity contribution in [3.05, 3.63) is 72.1 Å². The lowest BCUT2D eigenvalue weighted by atomic mass is 10.1. The SMILES string of the molecule is CCCCOc1ccc(C(=O)N(Cc2cccnc2)c2nc3c(OC)ccc(OC)c3s2)cc1. The lowest BCUT2D eigenvalue weighted by Crippen LogP contribution is -2.30. The number of benzene rings is 2. The highest BCUT2D eigenvalue weighted by molar-refractivity contribution is 7.22. The number of nitrogens with zero attached hydrogens (tertiary/aromatic N) is 3. The third kappa shape index (κ3) is 5.12. The van der Waals surface area contributed by atoms with E-state index >= 15 is 0 Å². The number of aromatic nitrogens is 2. The second kappa shape index (κ2) is 11.0. The van der Waals surface area contributed by atoms with Gasteiger partial charge in [-0.25, -0.2) is 4.98 Å². The fourth-order valence-corrected chi connectivity index (χ4v) is 4.55. The molecule has 4 aromatic rings. The Bertz CT molecular complexity index is 1200. The fraction of sp³-hybridized carbons (Fsp3) is 0.269. The van der Waals surface area contributed by atoms with Gasteiger partial charge in [0.1, 0.15) is 27.5 Å². The molecule has 34 heavy (non-hydrogen) atoms. The lowest BCUT2D eigenvalue weighted by molar-refractivity contribution is 0.0985. The Morgan fingerprint density at radius 3 is 2.47 bits per heavy atom. The molecule has 0 N–H and O–H groups in total. The van der Waals surface area contributed by atoms with Crippen molar-refractivity contribution >= 4 is 32.6 Å². The number of hydrogen-bond donors (Lipinski definition) is 0. The van der Waals surface area contributed by atoms with Crippen molar-refractivity contribution in [1.29, 1.82) is 0 Å². The number of methoxy groups -OCH3 is 2. The van der Waals surface area contributed by atoms with E-state index < -0.39 is 0 Å². The van der Waals surface area contributed by atoms with Crippen LogP contribution in [0, 0.1) is 0 Å². The van der Waals surface area contributed by atoms with Crippen molar-refractivity contribution in [1.82, 2.24) is 9.97 Å². The second-order valence-corrected chi connectivity index (χ2v) is 8.60. The van der Waals surface area contributed by atoms with E-state index in [1.807, 2.05) is 36.4 Å². The summed E-state index contributed by atoms with van der Waals surface area (Å²) in [5, 5.41) is 0.551. The molecule has 0 saturated carbocycles. The molecule has 2 aromatic carbocycles. The number of unbranched alkanes of at least 4 members (excludes halogenated alkanes) is 1. The van der Waals surface area contributed by atoms with Gasteiger partial charge in [0, 0.05) is 18.0 Å². The zero-order valence-electron chi connectivity index (χ0n) is 19.5. The summed E-state index contributed by atoms with van der Waals surface area (Å²) in [5.41, 5.74) is 2.10. The van der Waals surface area contributed by atoms with E-state index in [-0.39, 0.29) is 5.91 Å². The predicted octanol–water partition coefficient (Wildman–Crippen LogP) is 5.73. The number of amides is 1. The number of carbonyl (C=O) groups is 1. The molecule has 0 fully saturated rings. The predicted molar refractivity (Wildman–Crippen MR) is 134 cm³/mol. The van der Waals surface area contributed by atoms with Gasteiger partial charge in [0.15, 0.2) is 5.13 Å². The molecule has 0 aliphatic rings. The van der Waals surface area contributed by atoms with Crippen LogP contribution in [0.15, 0.2) is 60.9 Å². The van der Waals surface area contributed by atoms with E-state index in [2.05, 4.69) is 11.9 Å². The van der Waals surface area contributed by atoms with E-state index in [9.17, 15) is 4.79 Å². The minimum Gasteiger partial charge on any atom is -0.495 e. The van der Waals surface area contributed by atoms with E-state index in [0.29, 0.717) is 40.9 Å². The molecule has 7 nitrogen and oxygen atoms in total. The van der Waals surface area contributed by atoms with Gasteiger partial charge in [-0.05, 0) is 54.4 Å². The van der Waals surface area contributed by atoms with Crippen LogP contribution in [0.5, 0.6) is 17.2 Å². The Labute approximate surface area is 202 Å². The summed E-state index contributed by atoms with van der Waals surface area (Å²) in [6.07, 6.45) is 5.52. The zero-order valence-corrected chi connectivity index (χ0v) is 20.3. The monoisotopic (exact) mass is 477 g/mol. The maximum atomic E-state index is 13.7. The molecular weight excluding hydrogens is 450 g/mol. The molecule has 176 valence electrons. The first kappa shape index (κ1) is 23.5. The largest absolute Gasteiger partial charge is 0.495 e. The summed E-state index contributed by atoms with van der Waals surface area (Å²) in [6, 6.07) is 14.7. The Kier molecular flexibility index (Phi) is 7.59. The molecule has 0 saturated heterocycles. The number of ether oxygens (including phenoxy) is 3. The summed E-state index contributed by atoms with van der Waals surface area (Å²) in [4.78, 5) is 24.3. The molecule has 2 aromatic heterocycles. The van der Waals surface area contributed by atoms with Crippen LogP contribution in [0.1, 0.15) is 35.7 Å². The van der Waals surface area contributed by atoms with Crippen LogP contribution >= 0.6 is 11.3 Å². The van der Waals surface area contributed by atoms with Gasteiger partial charge in [-0.1, -0.05) is 30.7 Å². The molecular formula is C26H27N3O4S. The van der Waals surface area contributed by atoms with Crippen LogP contribution in [0.3, 0.4) is 0 Å². The van der Waals surface area contributed by atoms with Gasteiger partial charge in [0.25, 0.3) is 5.91 Å². The first-order valence-electron chi connectivity index (χ1n) is 11.1. The number of fused-ring (bicyclic) bond motifs is 1. The van der Waals surface area contributed by atoms with Crippen molar-refractivity contribution in [2.75, 3.05) is 25.7 Å². The van der Waals surface area contributed by atoms with Crippen LogP contribution in [0.4, 0.5) is 5.13 Å². The van der Waals surface area contributed by atoms with E-state index in [4.69, 9.17) is 19.2 Å². The molecule has 2 heterocycles. The lowest BCUT2D eigenvalue weighted by Gasteiger charge is -2.20. The first-order valence-corrected chi connectivity index (χ1v) is 11.9. The van der Waals surface area contributed by atoms with E-state index in [0.717, 1.165) is 28.9 Å². The van der Waals surface area contributed by atoms with Crippen molar-refractivity contribution < 1.29 is 19.0 Å². The Balaban J connectivity index is 1.71. The van der Waals surface area contributed by atoms with Crippen LogP contribution in [0.2, 0.25) is 0 Å². The topological polar surface area (TPSA) is 73.8 Å². The number of rotatable bonds is 10. The van der Waals surface area contributed by atoms with Crippen LogP contribution in [-0.2, 0) is 6.54 Å². The highest BCUT2D eigenvalue weighted by Gasteiger charge is 2.24. The standard InChI is InChI=1S/C26H27N3O4S/c1-4-5-15-33-20-10-8-19(9-11-20)25(30)29(17-18-7-6-14-27-16-18)26-28-23-21(31-2)12-13-22(32-3)24(23)34-26/h6-14,16H,4-5,15,17H2,1-3H3. The Hall–Kier alpha value is -3.65. The van der Waals surface area contributed by atoms with Crippen molar-refractivity contribution in [3.63, 3.8) is 0 Å². The van der Waals surface area contributed by atoms with Crippen molar-refractivity contribution in [2.24, 2.45) is 0 Å². The molecule has 0 bridgehead atoms. The number of thiazole rings is 1. The molecule has 0 aliphatic heterocycles. The average Bonchev–Trinajstić information content (AvgIpc) is 3.33. The summed E-state index contributed by atoms with van der Waals surface area (Å²) >= 11 is 1.39. The third-order valence-corrected chi connectivity index (χ3v) is 6.40. The van der Waals surface area contributed by atoms with Gasteiger partial charge in [0.05, 0.1) is 27.4 Å². The molecule has 0 spiro atoms. The van der Waals surface area contributed by atoms with Crippen LogP contribution in [-0.4, -0.2) is 36.7 Å². The normalized spacial score (nSPS) is 10.8. The fourth-order valence-electron chi connectivity index (χ4n) is 3.47. The average molecular weight is 478 g/mol. The van der Waals surface area contributed by atoms with E-state index in [1.165, 1.54) is 11.3 Å². The molecule has 0 aliphatic carbocycles. The highest BCUT2D eigenvalue weighted by Crippen LogP contribution is 2.40. The highest BCUT2D eigenvalue weighted by atomic mass is 32.1. The Morgan fingerprint density at radius 1 is 1.03 bits per heavy atom. The second-order valence-electron chi connectivity index (χ2n) is 7.62. The number of anilines is 1. The van der Waals surface area contributed by atoms with Gasteiger partial charge in [-0.15, -0.1) is 0 Å². The van der Waals surface area contributed by atoms with Crippen molar-refractivity contribution in [3.8, 4) is 17.2 Å². The molecule has 1 amide bonds. The minimum absolute atomic E-state index is 0.166. The number of pyridine rings is 1. The van der Waals surface area contributed by atoms with Gasteiger partial charge in [-0.3, -0.25) is 14.7 Å².